The van der Waals surface area contributed by atoms with Crippen LogP contribution in [0, 0.1) is 0 Å². The Hall–Kier alpha value is -5.97. The zero-order chi connectivity index (χ0) is 44.4. The molecule has 4 aromatic heterocycles. The molecule has 0 spiro atoms. The molecule has 64 heavy (non-hydrogen) atoms. The standard InChI is InChI=1S/C47H61N13O4/c1-47(2,3)60-45-39(43(48)51-29-52-45)40(55-60)41-38(42(64-56-41)31-10-11-31)44-49-27-32(28-50-44)30-18-21-59(22-19-30)37(62)9-7-5-4-6-8-20-57-23-25-58(26-24-57)34-14-12-33(13-15-34)53-35-16-17-36(61)54-46(35)63/h12-15,27-31,35,53H,4-11,16-26H2,1-3H3,(H2,48,51,52)(H,54,61,63). The fourth-order valence-electron chi connectivity index (χ4n) is 9.38. The maximum Gasteiger partial charge on any atom is 0.249 e. The molecule has 9 rings (SSSR count). The number of rotatable bonds is 15. The number of imide groups is 1. The van der Waals surface area contributed by atoms with Crippen molar-refractivity contribution in [3.8, 4) is 22.8 Å². The van der Waals surface area contributed by atoms with Gasteiger partial charge in [-0.15, -0.1) is 0 Å². The van der Waals surface area contributed by atoms with E-state index in [9.17, 15) is 14.4 Å². The lowest BCUT2D eigenvalue weighted by Gasteiger charge is -2.36. The summed E-state index contributed by atoms with van der Waals surface area (Å²) in [6, 6.07) is 7.86. The predicted octanol–water partition coefficient (Wildman–Crippen LogP) is 6.24. The summed E-state index contributed by atoms with van der Waals surface area (Å²) in [5, 5.41) is 15.8. The Morgan fingerprint density at radius 1 is 0.844 bits per heavy atom. The molecule has 338 valence electrons. The molecular weight excluding hydrogens is 811 g/mol. The number of carbonyl (C=O) groups is 3. The van der Waals surface area contributed by atoms with Gasteiger partial charge in [-0.2, -0.15) is 5.10 Å². The molecule has 0 radical (unpaired) electrons. The molecule has 4 N–H and O–H groups in total. The summed E-state index contributed by atoms with van der Waals surface area (Å²) < 4.78 is 7.85. The lowest BCUT2D eigenvalue weighted by Crippen LogP contribution is -2.47. The number of carbonyl (C=O) groups excluding carboxylic acids is 3. The Morgan fingerprint density at radius 2 is 1.56 bits per heavy atom. The number of hydrogen-bond donors (Lipinski definition) is 3. The summed E-state index contributed by atoms with van der Waals surface area (Å²) >= 11 is 0. The number of likely N-dealkylation sites (tertiary alicyclic amines) is 1. The van der Waals surface area contributed by atoms with Gasteiger partial charge in [0.05, 0.1) is 16.5 Å². The number of anilines is 3. The summed E-state index contributed by atoms with van der Waals surface area (Å²) in [6.07, 6.45) is 16.2. The van der Waals surface area contributed by atoms with Gasteiger partial charge in [0.15, 0.2) is 17.2 Å². The van der Waals surface area contributed by atoms with E-state index in [0.717, 1.165) is 113 Å². The van der Waals surface area contributed by atoms with Crippen LogP contribution >= 0.6 is 0 Å². The number of nitrogens with one attached hydrogen (secondary N) is 2. The second kappa shape index (κ2) is 18.6. The number of aromatic nitrogens is 7. The topological polar surface area (TPSA) is 206 Å². The summed E-state index contributed by atoms with van der Waals surface area (Å²) in [4.78, 5) is 62.3. The van der Waals surface area contributed by atoms with E-state index in [4.69, 9.17) is 25.3 Å². The first kappa shape index (κ1) is 43.3. The number of piperazine rings is 1. The van der Waals surface area contributed by atoms with Gasteiger partial charge in [-0.3, -0.25) is 24.6 Å². The Bertz CT molecular complexity index is 2440. The maximum absolute atomic E-state index is 13.2. The minimum Gasteiger partial charge on any atom is -0.383 e. The number of amides is 3. The van der Waals surface area contributed by atoms with Crippen molar-refractivity contribution in [2.75, 3.05) is 61.8 Å². The van der Waals surface area contributed by atoms with Crippen LogP contribution in [0.4, 0.5) is 17.2 Å². The van der Waals surface area contributed by atoms with Crippen LogP contribution in [0.2, 0.25) is 0 Å². The van der Waals surface area contributed by atoms with Crippen LogP contribution in [0.1, 0.15) is 121 Å². The lowest BCUT2D eigenvalue weighted by molar-refractivity contribution is -0.134. The molecule has 1 saturated carbocycles. The van der Waals surface area contributed by atoms with E-state index in [0.29, 0.717) is 53.3 Å². The van der Waals surface area contributed by atoms with Gasteiger partial charge < -0.3 is 25.4 Å². The van der Waals surface area contributed by atoms with Crippen LogP contribution < -0.4 is 21.3 Å². The van der Waals surface area contributed by atoms with Gasteiger partial charge in [-0.05, 0) is 108 Å². The molecule has 1 aliphatic carbocycles. The van der Waals surface area contributed by atoms with Gasteiger partial charge in [0.2, 0.25) is 17.7 Å². The molecule has 17 nitrogen and oxygen atoms in total. The van der Waals surface area contributed by atoms with Crippen LogP contribution in [-0.4, -0.2) is 114 Å². The number of unbranched alkanes of at least 4 members (excludes halogenated alkanes) is 4. The van der Waals surface area contributed by atoms with E-state index >= 15 is 0 Å². The number of nitrogens with two attached hydrogens (primary N) is 1. The first-order valence-corrected chi connectivity index (χ1v) is 23.3. The van der Waals surface area contributed by atoms with E-state index in [-0.39, 0.29) is 41.1 Å². The van der Waals surface area contributed by atoms with Crippen LogP contribution in [0.3, 0.4) is 0 Å². The highest BCUT2D eigenvalue weighted by molar-refractivity contribution is 6.02. The maximum atomic E-state index is 13.2. The highest BCUT2D eigenvalue weighted by Crippen LogP contribution is 2.48. The summed E-state index contributed by atoms with van der Waals surface area (Å²) in [6.45, 7) is 12.9. The van der Waals surface area contributed by atoms with Crippen molar-refractivity contribution < 1.29 is 18.9 Å². The zero-order valence-electron chi connectivity index (χ0n) is 37.4. The monoisotopic (exact) mass is 871 g/mol. The van der Waals surface area contributed by atoms with Crippen LogP contribution in [0.15, 0.2) is 47.5 Å². The van der Waals surface area contributed by atoms with E-state index in [1.54, 1.807) is 0 Å². The largest absolute Gasteiger partial charge is 0.383 e. The molecule has 1 aromatic carbocycles. The van der Waals surface area contributed by atoms with Gasteiger partial charge >= 0.3 is 0 Å². The second-order valence-electron chi connectivity index (χ2n) is 19.0. The van der Waals surface area contributed by atoms with Gasteiger partial charge in [-0.1, -0.05) is 24.4 Å². The SMILES string of the molecule is CC(C)(C)n1nc(-c2noc(C3CC3)c2-c2ncc(C3CCN(C(=O)CCCCCCCN4CCN(c5ccc(NC6CCC(=O)NC6=O)cc5)CC4)CC3)cn2)c2c(N)ncnc21. The van der Waals surface area contributed by atoms with E-state index in [2.05, 4.69) is 68.5 Å². The molecule has 0 bridgehead atoms. The molecule has 1 unspecified atom stereocenters. The number of benzene rings is 1. The zero-order valence-corrected chi connectivity index (χ0v) is 37.4. The number of nitrogens with zero attached hydrogens (tertiary/aromatic N) is 10. The number of nitrogen functional groups attached to an aromatic ring is 1. The van der Waals surface area contributed by atoms with Crippen molar-refractivity contribution in [3.63, 3.8) is 0 Å². The smallest absolute Gasteiger partial charge is 0.249 e. The number of piperidine rings is 2. The second-order valence-corrected chi connectivity index (χ2v) is 19.0. The molecule has 7 heterocycles. The highest BCUT2D eigenvalue weighted by atomic mass is 16.5. The van der Waals surface area contributed by atoms with Crippen molar-refractivity contribution in [1.82, 2.24) is 50.0 Å². The summed E-state index contributed by atoms with van der Waals surface area (Å²) in [5.41, 5.74) is 11.7. The van der Waals surface area contributed by atoms with Crippen LogP contribution in [0.25, 0.3) is 33.8 Å². The van der Waals surface area contributed by atoms with Crippen molar-refractivity contribution in [1.29, 1.82) is 0 Å². The number of hydrogen-bond acceptors (Lipinski definition) is 14. The van der Waals surface area contributed by atoms with Gasteiger partial charge in [-0.25, -0.2) is 24.6 Å². The van der Waals surface area contributed by atoms with Gasteiger partial charge in [0.1, 0.15) is 29.6 Å². The predicted molar refractivity (Wildman–Crippen MR) is 244 cm³/mol. The molecule has 1 atom stereocenters. The Labute approximate surface area is 373 Å². The molecule has 4 fully saturated rings. The average Bonchev–Trinajstić information content (AvgIpc) is 3.92. The van der Waals surface area contributed by atoms with Crippen molar-refractivity contribution in [3.05, 3.63) is 54.3 Å². The van der Waals surface area contributed by atoms with Crippen molar-refractivity contribution in [2.24, 2.45) is 0 Å². The third-order valence-corrected chi connectivity index (χ3v) is 13.3. The van der Waals surface area contributed by atoms with Crippen molar-refractivity contribution >= 4 is 45.9 Å². The first-order chi connectivity index (χ1) is 31.0. The molecule has 3 amide bonds. The summed E-state index contributed by atoms with van der Waals surface area (Å²) in [7, 11) is 0. The summed E-state index contributed by atoms with van der Waals surface area (Å²) in [5.74, 6) is 2.02. The van der Waals surface area contributed by atoms with Gasteiger partial charge in [0, 0.05) is 81.8 Å². The van der Waals surface area contributed by atoms with Gasteiger partial charge in [0.25, 0.3) is 0 Å². The molecule has 17 heteroatoms. The molecule has 4 aliphatic rings. The van der Waals surface area contributed by atoms with E-state index < -0.39 is 0 Å². The Morgan fingerprint density at radius 3 is 2.27 bits per heavy atom. The average molecular weight is 872 g/mol. The normalized spacial score (nSPS) is 19.1. The van der Waals surface area contributed by atoms with Crippen LogP contribution in [0.5, 0.6) is 0 Å². The minimum absolute atomic E-state index is 0.204. The minimum atomic E-state index is -0.375. The lowest BCUT2D eigenvalue weighted by atomic mass is 9.91. The molecule has 5 aromatic rings. The quantitative estimate of drug-likeness (QED) is 0.0787. The fourth-order valence-corrected chi connectivity index (χ4v) is 9.38. The molecular formula is C47H61N13O4. The number of fused-ring (bicyclic) bond motifs is 1. The Balaban J connectivity index is 0.686. The van der Waals surface area contributed by atoms with E-state index in [1.165, 1.54) is 24.9 Å². The molecule has 3 aliphatic heterocycles. The van der Waals surface area contributed by atoms with E-state index in [1.807, 2.05) is 34.1 Å². The van der Waals surface area contributed by atoms with Crippen LogP contribution in [-0.2, 0) is 19.9 Å². The Kier molecular flexibility index (Phi) is 12.6. The highest BCUT2D eigenvalue weighted by Gasteiger charge is 2.37. The third-order valence-electron chi connectivity index (χ3n) is 13.3. The molecule has 3 saturated heterocycles. The third kappa shape index (κ3) is 9.59. The fraction of sp³-hybridized carbons (Fsp3) is 0.553. The van der Waals surface area contributed by atoms with Crippen molar-refractivity contribution in [2.45, 2.75) is 121 Å². The first-order valence-electron chi connectivity index (χ1n) is 23.3.